The number of nitriles is 1. The predicted molar refractivity (Wildman–Crippen MR) is 39.0 cm³/mol. The lowest BCUT2D eigenvalue weighted by Crippen LogP contribution is -2.37. The Morgan fingerprint density at radius 3 is 3.36 bits per heavy atom. The summed E-state index contributed by atoms with van der Waals surface area (Å²) < 4.78 is 5.29. The minimum Gasteiger partial charge on any atom is -0.361 e. The minimum absolute atomic E-state index is 0.119. The molecule has 0 aromatic heterocycles. The molecule has 0 amide bonds. The van der Waals surface area contributed by atoms with Crippen LogP contribution in [0.15, 0.2) is 4.99 Å². The van der Waals surface area contributed by atoms with E-state index in [4.69, 9.17) is 10.00 Å². The SMILES string of the molecule is CN1CCC2OC2C1=NC#N. The van der Waals surface area contributed by atoms with Gasteiger partial charge in [-0.05, 0) is 6.42 Å². The van der Waals surface area contributed by atoms with Crippen LogP contribution in [0.25, 0.3) is 0 Å². The van der Waals surface area contributed by atoms with Gasteiger partial charge in [0.1, 0.15) is 11.9 Å². The monoisotopic (exact) mass is 151 g/mol. The van der Waals surface area contributed by atoms with Gasteiger partial charge in [0.25, 0.3) is 0 Å². The van der Waals surface area contributed by atoms with Gasteiger partial charge in [-0.25, -0.2) is 0 Å². The third-order valence-electron chi connectivity index (χ3n) is 2.14. The number of likely N-dealkylation sites (tertiary alicyclic amines) is 1. The van der Waals surface area contributed by atoms with E-state index in [0.29, 0.717) is 6.10 Å². The number of hydrogen-bond acceptors (Lipinski definition) is 3. The summed E-state index contributed by atoms with van der Waals surface area (Å²) in [5.41, 5.74) is 0. The number of amidine groups is 1. The summed E-state index contributed by atoms with van der Waals surface area (Å²) in [6, 6.07) is 0. The highest BCUT2D eigenvalue weighted by molar-refractivity contribution is 5.90. The molecule has 2 saturated heterocycles. The van der Waals surface area contributed by atoms with E-state index in [1.54, 1.807) is 6.19 Å². The zero-order valence-corrected chi connectivity index (χ0v) is 6.32. The van der Waals surface area contributed by atoms with Crippen LogP contribution in [0.2, 0.25) is 0 Å². The van der Waals surface area contributed by atoms with Crippen LogP contribution >= 0.6 is 0 Å². The van der Waals surface area contributed by atoms with Gasteiger partial charge in [0.15, 0.2) is 0 Å². The van der Waals surface area contributed by atoms with Gasteiger partial charge in [0, 0.05) is 13.6 Å². The fraction of sp³-hybridized carbons (Fsp3) is 0.714. The summed E-state index contributed by atoms with van der Waals surface area (Å²) in [4.78, 5) is 5.69. The molecule has 2 heterocycles. The second-order valence-corrected chi connectivity index (χ2v) is 2.88. The van der Waals surface area contributed by atoms with Crippen molar-refractivity contribution in [2.24, 2.45) is 4.99 Å². The van der Waals surface area contributed by atoms with E-state index in [0.717, 1.165) is 18.8 Å². The van der Waals surface area contributed by atoms with Crippen LogP contribution in [-0.4, -0.2) is 36.5 Å². The summed E-state index contributed by atoms with van der Waals surface area (Å²) >= 11 is 0. The van der Waals surface area contributed by atoms with Crippen LogP contribution < -0.4 is 0 Å². The molecule has 0 radical (unpaired) electrons. The maximum absolute atomic E-state index is 8.35. The zero-order valence-electron chi connectivity index (χ0n) is 6.32. The fourth-order valence-corrected chi connectivity index (χ4v) is 1.44. The third kappa shape index (κ3) is 0.976. The number of ether oxygens (including phenoxy) is 1. The number of rotatable bonds is 0. The van der Waals surface area contributed by atoms with Crippen molar-refractivity contribution < 1.29 is 4.74 Å². The average Bonchev–Trinajstić information content (AvgIpc) is 2.74. The molecule has 0 aromatic rings. The van der Waals surface area contributed by atoms with Crippen LogP contribution in [0, 0.1) is 11.5 Å². The lowest BCUT2D eigenvalue weighted by Gasteiger charge is -2.21. The number of hydrogen-bond donors (Lipinski definition) is 0. The molecule has 2 aliphatic heterocycles. The molecule has 0 aliphatic carbocycles. The fourth-order valence-electron chi connectivity index (χ4n) is 1.44. The number of aliphatic imine (C=N–C) groups is 1. The molecular weight excluding hydrogens is 142 g/mol. The number of fused-ring (bicyclic) bond motifs is 1. The molecule has 0 bridgehead atoms. The standard InChI is InChI=1S/C7H9N3O/c1-10-3-2-5-6(11-5)7(10)9-4-8/h5-6H,2-3H2,1H3. The first kappa shape index (κ1) is 6.62. The Hall–Kier alpha value is -1.08. The third-order valence-corrected chi connectivity index (χ3v) is 2.14. The Bertz CT molecular complexity index is 239. The van der Waals surface area contributed by atoms with Crippen molar-refractivity contribution in [3.8, 4) is 6.19 Å². The van der Waals surface area contributed by atoms with Crippen molar-refractivity contribution in [1.82, 2.24) is 4.90 Å². The van der Waals surface area contributed by atoms with E-state index < -0.39 is 0 Å². The van der Waals surface area contributed by atoms with Crippen molar-refractivity contribution in [2.45, 2.75) is 18.6 Å². The molecule has 0 aromatic carbocycles. The van der Waals surface area contributed by atoms with E-state index in [1.165, 1.54) is 0 Å². The molecule has 2 atom stereocenters. The number of nitrogens with zero attached hydrogens (tertiary/aromatic N) is 3. The Labute approximate surface area is 65.1 Å². The molecule has 2 rings (SSSR count). The molecule has 11 heavy (non-hydrogen) atoms. The van der Waals surface area contributed by atoms with Gasteiger partial charge in [0.2, 0.25) is 6.19 Å². The van der Waals surface area contributed by atoms with E-state index in [9.17, 15) is 0 Å². The Morgan fingerprint density at radius 1 is 1.82 bits per heavy atom. The molecule has 2 aliphatic rings. The maximum atomic E-state index is 8.35. The first-order valence-electron chi connectivity index (χ1n) is 3.66. The maximum Gasteiger partial charge on any atom is 0.207 e. The van der Waals surface area contributed by atoms with E-state index in [2.05, 4.69) is 4.99 Å². The average molecular weight is 151 g/mol. The Balaban J connectivity index is 2.17. The summed E-state index contributed by atoms with van der Waals surface area (Å²) in [5, 5.41) is 8.35. The lowest BCUT2D eigenvalue weighted by atomic mass is 10.1. The summed E-state index contributed by atoms with van der Waals surface area (Å²) in [5.74, 6) is 0.795. The second-order valence-electron chi connectivity index (χ2n) is 2.88. The highest BCUT2D eigenvalue weighted by Gasteiger charge is 2.47. The highest BCUT2D eigenvalue weighted by atomic mass is 16.6. The molecule has 4 heteroatoms. The number of piperidine rings is 1. The zero-order chi connectivity index (χ0) is 7.84. The van der Waals surface area contributed by atoms with Crippen LogP contribution in [0.4, 0.5) is 0 Å². The van der Waals surface area contributed by atoms with Crippen molar-refractivity contribution in [1.29, 1.82) is 5.26 Å². The molecule has 4 nitrogen and oxygen atoms in total. The van der Waals surface area contributed by atoms with Crippen molar-refractivity contribution in [3.63, 3.8) is 0 Å². The van der Waals surface area contributed by atoms with Gasteiger partial charge in [0.05, 0.1) is 6.10 Å². The van der Waals surface area contributed by atoms with Gasteiger partial charge in [-0.15, -0.1) is 0 Å². The van der Waals surface area contributed by atoms with Crippen LogP contribution in [0.3, 0.4) is 0 Å². The summed E-state index contributed by atoms with van der Waals surface area (Å²) in [6.45, 7) is 0.946. The van der Waals surface area contributed by atoms with E-state index in [1.807, 2.05) is 11.9 Å². The number of epoxide rings is 1. The highest BCUT2D eigenvalue weighted by Crippen LogP contribution is 2.31. The molecule has 58 valence electrons. The Morgan fingerprint density at radius 2 is 2.64 bits per heavy atom. The van der Waals surface area contributed by atoms with E-state index >= 15 is 0 Å². The molecular formula is C7H9N3O. The quantitative estimate of drug-likeness (QED) is 0.361. The predicted octanol–water partition coefficient (Wildman–Crippen LogP) is -0.0311. The smallest absolute Gasteiger partial charge is 0.207 e. The first-order chi connectivity index (χ1) is 5.33. The van der Waals surface area contributed by atoms with Gasteiger partial charge >= 0.3 is 0 Å². The van der Waals surface area contributed by atoms with Crippen molar-refractivity contribution in [2.75, 3.05) is 13.6 Å². The van der Waals surface area contributed by atoms with Crippen molar-refractivity contribution >= 4 is 5.84 Å². The minimum atomic E-state index is 0.119. The second kappa shape index (κ2) is 2.21. The molecule has 2 unspecified atom stereocenters. The normalized spacial score (nSPS) is 38.2. The van der Waals surface area contributed by atoms with Crippen molar-refractivity contribution in [3.05, 3.63) is 0 Å². The van der Waals surface area contributed by atoms with E-state index in [-0.39, 0.29) is 6.10 Å². The van der Waals surface area contributed by atoms with Crippen LogP contribution in [-0.2, 0) is 4.74 Å². The molecule has 0 N–H and O–H groups in total. The Kier molecular flexibility index (Phi) is 1.33. The van der Waals surface area contributed by atoms with Gasteiger partial charge < -0.3 is 9.64 Å². The molecule has 2 fully saturated rings. The molecule has 0 spiro atoms. The first-order valence-corrected chi connectivity index (χ1v) is 3.66. The summed E-state index contributed by atoms with van der Waals surface area (Å²) in [7, 11) is 1.94. The van der Waals surface area contributed by atoms with Gasteiger partial charge in [-0.2, -0.15) is 10.3 Å². The topological polar surface area (TPSA) is 51.9 Å². The number of likely N-dealkylation sites (N-methyl/N-ethyl adjacent to an activating group) is 1. The largest absolute Gasteiger partial charge is 0.361 e. The van der Waals surface area contributed by atoms with Crippen LogP contribution in [0.5, 0.6) is 0 Å². The van der Waals surface area contributed by atoms with Crippen LogP contribution in [0.1, 0.15) is 6.42 Å². The van der Waals surface area contributed by atoms with Gasteiger partial charge in [-0.3, -0.25) is 0 Å². The summed E-state index contributed by atoms with van der Waals surface area (Å²) in [6.07, 6.45) is 3.32. The molecule has 0 saturated carbocycles. The van der Waals surface area contributed by atoms with Gasteiger partial charge in [-0.1, -0.05) is 0 Å². The lowest BCUT2D eigenvalue weighted by molar-refractivity contribution is 0.386.